The molecule has 1 amide bonds. The van der Waals surface area contributed by atoms with Crippen molar-refractivity contribution in [3.8, 4) is 28.5 Å². The average molecular weight is 510 g/mol. The van der Waals surface area contributed by atoms with Gasteiger partial charge in [0.25, 0.3) is 0 Å². The first-order chi connectivity index (χ1) is 18.0. The van der Waals surface area contributed by atoms with Crippen LogP contribution in [0.1, 0.15) is 18.2 Å². The molecule has 0 saturated heterocycles. The monoisotopic (exact) mass is 509 g/mol. The fraction of sp³-hybridized carbons (Fsp3) is 0.0690. The summed E-state index contributed by atoms with van der Waals surface area (Å²) in [5.74, 6) is 1.14. The zero-order valence-electron chi connectivity index (χ0n) is 19.9. The Bertz CT molecular complexity index is 1620. The molecule has 0 bridgehead atoms. The van der Waals surface area contributed by atoms with Gasteiger partial charge in [0.2, 0.25) is 11.8 Å². The smallest absolute Gasteiger partial charge is 0.250 e. The van der Waals surface area contributed by atoms with E-state index < -0.39 is 5.91 Å². The Morgan fingerprint density at radius 2 is 1.86 bits per heavy atom. The van der Waals surface area contributed by atoms with E-state index in [0.29, 0.717) is 33.9 Å². The Morgan fingerprint density at radius 1 is 1.03 bits per heavy atom. The van der Waals surface area contributed by atoms with Gasteiger partial charge in [-0.2, -0.15) is 0 Å². The highest BCUT2D eigenvalue weighted by atomic mass is 32.1. The van der Waals surface area contributed by atoms with E-state index in [-0.39, 0.29) is 16.8 Å². The maximum Gasteiger partial charge on any atom is 0.250 e. The molecule has 0 aliphatic heterocycles. The molecule has 0 spiro atoms. The number of oxazole rings is 1. The summed E-state index contributed by atoms with van der Waals surface area (Å²) in [4.78, 5) is 16.9. The van der Waals surface area contributed by atoms with Crippen molar-refractivity contribution in [2.24, 2.45) is 0 Å². The zero-order valence-corrected chi connectivity index (χ0v) is 20.7. The van der Waals surface area contributed by atoms with Crippen LogP contribution < -0.4 is 10.6 Å². The van der Waals surface area contributed by atoms with E-state index in [1.807, 2.05) is 54.6 Å². The topological polar surface area (TPSA) is 101 Å². The molecule has 8 heteroatoms. The molecule has 5 aromatic rings. The number of benzene rings is 3. The largest absolute Gasteiger partial charge is 0.507 e. The molecule has 3 aromatic carbocycles. The van der Waals surface area contributed by atoms with Crippen molar-refractivity contribution in [1.82, 2.24) is 10.3 Å². The van der Waals surface area contributed by atoms with Gasteiger partial charge in [-0.1, -0.05) is 43.3 Å². The van der Waals surface area contributed by atoms with E-state index in [1.165, 1.54) is 12.1 Å². The number of rotatable bonds is 6. The maximum atomic E-state index is 12.4. The van der Waals surface area contributed by atoms with Gasteiger partial charge in [0.05, 0.1) is 5.56 Å². The van der Waals surface area contributed by atoms with Crippen molar-refractivity contribution >= 4 is 46.1 Å². The molecule has 2 heterocycles. The quantitative estimate of drug-likeness (QED) is 0.136. The van der Waals surface area contributed by atoms with Crippen molar-refractivity contribution in [3.05, 3.63) is 96.3 Å². The fourth-order valence-electron chi connectivity index (χ4n) is 3.77. The highest BCUT2D eigenvalue weighted by Crippen LogP contribution is 2.33. The highest BCUT2D eigenvalue weighted by molar-refractivity contribution is 7.80. The Kier molecular flexibility index (Phi) is 6.83. The number of nitrogens with one attached hydrogen (secondary N) is 2. The maximum absolute atomic E-state index is 12.4. The summed E-state index contributed by atoms with van der Waals surface area (Å²) < 4.78 is 11.6. The number of carbonyl (C=O) groups excluding carboxylic acids is 1. The number of furan rings is 1. The van der Waals surface area contributed by atoms with Crippen molar-refractivity contribution in [2.45, 2.75) is 13.3 Å². The molecule has 7 nitrogen and oxygen atoms in total. The number of aromatic nitrogens is 1. The lowest BCUT2D eigenvalue weighted by Crippen LogP contribution is -2.32. The number of thiocarbonyl (C=S) groups is 1. The first-order valence-corrected chi connectivity index (χ1v) is 12.1. The van der Waals surface area contributed by atoms with Gasteiger partial charge in [0, 0.05) is 17.3 Å². The van der Waals surface area contributed by atoms with Crippen molar-refractivity contribution in [2.75, 3.05) is 5.32 Å². The molecule has 0 unspecified atom stereocenters. The molecule has 37 heavy (non-hydrogen) atoms. The van der Waals surface area contributed by atoms with E-state index in [0.717, 1.165) is 17.5 Å². The number of aryl methyl sites for hydroxylation is 1. The lowest BCUT2D eigenvalue weighted by Gasteiger charge is -2.09. The molecular formula is C29H23N3O4S. The van der Waals surface area contributed by atoms with Crippen LogP contribution in [0.15, 0.2) is 93.8 Å². The van der Waals surface area contributed by atoms with Gasteiger partial charge in [-0.25, -0.2) is 4.98 Å². The Labute approximate surface area is 218 Å². The average Bonchev–Trinajstić information content (AvgIpc) is 3.56. The molecule has 0 fully saturated rings. The number of phenols is 1. The number of nitrogens with zero attached hydrogens (tertiary/aromatic N) is 1. The second-order valence-corrected chi connectivity index (χ2v) is 8.66. The molecule has 2 aromatic heterocycles. The minimum absolute atomic E-state index is 0.0130. The Balaban J connectivity index is 1.24. The molecule has 0 aliphatic carbocycles. The summed E-state index contributed by atoms with van der Waals surface area (Å²) in [5.41, 5.74) is 4.40. The van der Waals surface area contributed by atoms with Crippen LogP contribution in [0.4, 0.5) is 5.69 Å². The number of fused-ring (bicyclic) bond motifs is 1. The van der Waals surface area contributed by atoms with Crippen LogP contribution in [0.25, 0.3) is 40.0 Å². The SMILES string of the molecule is CCc1ccc2oc(-c3cc(NC(=S)NC(=O)/C=C/c4ccc(-c5ccccc5)o4)ccc3O)nc2c1. The van der Waals surface area contributed by atoms with Crippen LogP contribution >= 0.6 is 12.2 Å². The third kappa shape index (κ3) is 5.60. The first-order valence-electron chi connectivity index (χ1n) is 11.7. The first kappa shape index (κ1) is 24.0. The van der Waals surface area contributed by atoms with Gasteiger partial charge in [0.15, 0.2) is 10.7 Å². The number of phenolic OH excluding ortho intramolecular Hbond substituents is 1. The van der Waals surface area contributed by atoms with Gasteiger partial charge in [-0.3, -0.25) is 10.1 Å². The molecule has 0 atom stereocenters. The molecular weight excluding hydrogens is 486 g/mol. The Morgan fingerprint density at radius 3 is 2.68 bits per heavy atom. The van der Waals surface area contributed by atoms with E-state index in [2.05, 4.69) is 22.5 Å². The standard InChI is InChI=1S/C29H23N3O4S/c1-2-18-8-13-26-23(16-18)31-28(36-26)22-17-20(9-12-24(22)33)30-29(37)32-27(34)15-11-21-10-14-25(35-21)19-6-4-3-5-7-19/h3-17,33H,2H2,1H3,(H2,30,32,34,37)/b15-11+. The normalized spacial score (nSPS) is 11.2. The molecule has 5 rings (SSSR count). The number of hydrogen-bond acceptors (Lipinski definition) is 6. The lowest BCUT2D eigenvalue weighted by atomic mass is 10.1. The molecule has 0 radical (unpaired) electrons. The number of aromatic hydroxyl groups is 1. The van der Waals surface area contributed by atoms with Gasteiger partial charge in [-0.15, -0.1) is 0 Å². The lowest BCUT2D eigenvalue weighted by molar-refractivity contribution is -0.115. The predicted octanol–water partition coefficient (Wildman–Crippen LogP) is 6.55. The van der Waals surface area contributed by atoms with Crippen molar-refractivity contribution < 1.29 is 18.7 Å². The summed E-state index contributed by atoms with van der Waals surface area (Å²) in [6.45, 7) is 2.07. The van der Waals surface area contributed by atoms with Crippen molar-refractivity contribution in [3.63, 3.8) is 0 Å². The van der Waals surface area contributed by atoms with E-state index in [9.17, 15) is 9.90 Å². The second-order valence-electron chi connectivity index (χ2n) is 8.25. The molecule has 184 valence electrons. The third-order valence-electron chi connectivity index (χ3n) is 5.67. The van der Waals surface area contributed by atoms with Crippen LogP contribution in [0, 0.1) is 0 Å². The predicted molar refractivity (Wildman–Crippen MR) is 148 cm³/mol. The molecule has 0 aliphatic rings. The van der Waals surface area contributed by atoms with Crippen LogP contribution in [0.3, 0.4) is 0 Å². The number of anilines is 1. The van der Waals surface area contributed by atoms with Gasteiger partial charge in [-0.05, 0) is 72.7 Å². The van der Waals surface area contributed by atoms with Crippen molar-refractivity contribution in [1.29, 1.82) is 0 Å². The number of carbonyl (C=O) groups is 1. The summed E-state index contributed by atoms with van der Waals surface area (Å²) in [7, 11) is 0. The second kappa shape index (κ2) is 10.5. The van der Waals surface area contributed by atoms with Crippen LogP contribution in [0.2, 0.25) is 0 Å². The highest BCUT2D eigenvalue weighted by Gasteiger charge is 2.14. The van der Waals surface area contributed by atoms with Crippen LogP contribution in [-0.2, 0) is 11.2 Å². The number of hydrogen-bond donors (Lipinski definition) is 3. The summed E-state index contributed by atoms with van der Waals surface area (Å²) in [5, 5.41) is 16.0. The summed E-state index contributed by atoms with van der Waals surface area (Å²) in [6, 6.07) is 24.0. The Hall–Kier alpha value is -4.69. The zero-order chi connectivity index (χ0) is 25.8. The third-order valence-corrected chi connectivity index (χ3v) is 5.87. The molecule has 3 N–H and O–H groups in total. The fourth-order valence-corrected chi connectivity index (χ4v) is 3.99. The minimum Gasteiger partial charge on any atom is -0.507 e. The summed E-state index contributed by atoms with van der Waals surface area (Å²) >= 11 is 5.28. The van der Waals surface area contributed by atoms with Gasteiger partial charge in [0.1, 0.15) is 22.8 Å². The van der Waals surface area contributed by atoms with E-state index >= 15 is 0 Å². The molecule has 0 saturated carbocycles. The van der Waals surface area contributed by atoms with E-state index in [4.69, 9.17) is 21.1 Å². The minimum atomic E-state index is -0.417. The summed E-state index contributed by atoms with van der Waals surface area (Å²) in [6.07, 6.45) is 3.80. The van der Waals surface area contributed by atoms with E-state index in [1.54, 1.807) is 24.3 Å². The van der Waals surface area contributed by atoms with Crippen LogP contribution in [-0.4, -0.2) is 21.1 Å². The number of amides is 1. The van der Waals surface area contributed by atoms with Gasteiger partial charge < -0.3 is 19.3 Å². The van der Waals surface area contributed by atoms with Crippen LogP contribution in [0.5, 0.6) is 5.75 Å². The van der Waals surface area contributed by atoms with Gasteiger partial charge >= 0.3 is 0 Å².